The third-order valence-corrected chi connectivity index (χ3v) is 6.02. The number of hydrogen-bond donors (Lipinski definition) is 0. The lowest BCUT2D eigenvalue weighted by atomic mass is 10.1. The van der Waals surface area contributed by atoms with Crippen LogP contribution in [0, 0.1) is 6.92 Å². The summed E-state index contributed by atoms with van der Waals surface area (Å²) in [6.45, 7) is 1.99. The Balaban J connectivity index is 1.62. The summed E-state index contributed by atoms with van der Waals surface area (Å²) in [4.78, 5) is 30.0. The van der Waals surface area contributed by atoms with Crippen LogP contribution in [0.25, 0.3) is 11.8 Å². The fourth-order valence-electron chi connectivity index (χ4n) is 4.05. The average molecular weight is 464 g/mol. The standard InChI is InChI=1S/C28H21N3O2S/c1-20-17-21(19-29(20)22-11-5-2-6-12-22)18-25-26(32)30(23-13-7-3-8-14-23)28(34)31(27(25)33)24-15-9-4-10-16-24/h2-19H,1H3. The van der Waals surface area contributed by atoms with Crippen molar-refractivity contribution in [2.75, 3.05) is 9.80 Å². The second-order valence-corrected chi connectivity index (χ2v) is 8.28. The van der Waals surface area contributed by atoms with Crippen molar-refractivity contribution in [2.45, 2.75) is 6.92 Å². The molecule has 1 saturated heterocycles. The number of aryl methyl sites for hydroxylation is 1. The molecule has 2 amide bonds. The highest BCUT2D eigenvalue weighted by molar-refractivity contribution is 7.81. The molecule has 0 aliphatic carbocycles. The van der Waals surface area contributed by atoms with Crippen LogP contribution in [-0.4, -0.2) is 21.5 Å². The molecular weight excluding hydrogens is 442 g/mol. The van der Waals surface area contributed by atoms with Crippen molar-refractivity contribution in [3.05, 3.63) is 120 Å². The van der Waals surface area contributed by atoms with Crippen LogP contribution in [0.3, 0.4) is 0 Å². The third-order valence-electron chi connectivity index (χ3n) is 5.66. The molecule has 4 aromatic rings. The van der Waals surface area contributed by atoms with Crippen molar-refractivity contribution < 1.29 is 9.59 Å². The fraction of sp³-hybridized carbons (Fsp3) is 0.0357. The summed E-state index contributed by atoms with van der Waals surface area (Å²) in [5.74, 6) is -0.892. The van der Waals surface area contributed by atoms with Gasteiger partial charge in [-0.25, -0.2) is 0 Å². The first kappa shape index (κ1) is 21.6. The van der Waals surface area contributed by atoms with Gasteiger partial charge in [-0.1, -0.05) is 54.6 Å². The van der Waals surface area contributed by atoms with Gasteiger partial charge < -0.3 is 4.57 Å². The summed E-state index contributed by atoms with van der Waals surface area (Å²) in [5, 5.41) is 0.127. The number of carbonyl (C=O) groups is 2. The van der Waals surface area contributed by atoms with Crippen LogP contribution in [-0.2, 0) is 9.59 Å². The van der Waals surface area contributed by atoms with Crippen LogP contribution in [0.2, 0.25) is 0 Å². The molecule has 3 aromatic carbocycles. The van der Waals surface area contributed by atoms with Gasteiger partial charge in [0.15, 0.2) is 5.11 Å². The molecule has 6 heteroatoms. The van der Waals surface area contributed by atoms with Crippen LogP contribution >= 0.6 is 12.2 Å². The van der Waals surface area contributed by atoms with E-state index >= 15 is 0 Å². The first-order valence-corrected chi connectivity index (χ1v) is 11.2. The van der Waals surface area contributed by atoms with Crippen molar-refractivity contribution in [3.63, 3.8) is 0 Å². The fourth-order valence-corrected chi connectivity index (χ4v) is 4.43. The van der Waals surface area contributed by atoms with Gasteiger partial charge in [0.1, 0.15) is 5.57 Å². The molecule has 34 heavy (non-hydrogen) atoms. The molecule has 1 fully saturated rings. The number of thiocarbonyl (C=S) groups is 1. The average Bonchev–Trinajstić information content (AvgIpc) is 3.24. The third kappa shape index (κ3) is 3.84. The number of carbonyl (C=O) groups excluding carboxylic acids is 2. The predicted octanol–water partition coefficient (Wildman–Crippen LogP) is 5.53. The van der Waals surface area contributed by atoms with Gasteiger partial charge in [-0.15, -0.1) is 0 Å². The lowest BCUT2D eigenvalue weighted by Crippen LogP contribution is -2.56. The molecule has 0 saturated carbocycles. The highest BCUT2D eigenvalue weighted by atomic mass is 32.1. The zero-order chi connectivity index (χ0) is 23.7. The summed E-state index contributed by atoms with van der Waals surface area (Å²) in [6, 6.07) is 30.2. The zero-order valence-corrected chi connectivity index (χ0v) is 19.3. The molecule has 5 rings (SSSR count). The minimum Gasteiger partial charge on any atom is -0.321 e. The maximum Gasteiger partial charge on any atom is 0.270 e. The second kappa shape index (κ2) is 8.92. The van der Waals surface area contributed by atoms with E-state index < -0.39 is 11.8 Å². The Morgan fingerprint density at radius 1 is 0.676 bits per heavy atom. The highest BCUT2D eigenvalue weighted by Crippen LogP contribution is 2.30. The molecule has 0 atom stereocenters. The van der Waals surface area contributed by atoms with Gasteiger partial charge in [0.05, 0.1) is 11.4 Å². The van der Waals surface area contributed by atoms with Gasteiger partial charge in [0.2, 0.25) is 0 Å². The van der Waals surface area contributed by atoms with Crippen molar-refractivity contribution in [3.8, 4) is 5.69 Å². The Hall–Kier alpha value is -4.29. The van der Waals surface area contributed by atoms with Gasteiger partial charge in [-0.2, -0.15) is 0 Å². The molecule has 0 spiro atoms. The molecule has 0 N–H and O–H groups in total. The maximum atomic E-state index is 13.6. The minimum absolute atomic E-state index is 0.0477. The lowest BCUT2D eigenvalue weighted by Gasteiger charge is -2.36. The largest absolute Gasteiger partial charge is 0.321 e. The van der Waals surface area contributed by atoms with E-state index in [9.17, 15) is 9.59 Å². The van der Waals surface area contributed by atoms with E-state index in [0.717, 1.165) is 16.9 Å². The van der Waals surface area contributed by atoms with Crippen LogP contribution < -0.4 is 9.80 Å². The summed E-state index contributed by atoms with van der Waals surface area (Å²) >= 11 is 5.65. The first-order chi connectivity index (χ1) is 16.5. The van der Waals surface area contributed by atoms with Crippen LogP contribution in [0.1, 0.15) is 11.3 Å². The van der Waals surface area contributed by atoms with E-state index in [1.807, 2.05) is 90.5 Å². The number of rotatable bonds is 4. The minimum atomic E-state index is -0.446. The zero-order valence-electron chi connectivity index (χ0n) is 18.5. The van der Waals surface area contributed by atoms with Crippen molar-refractivity contribution in [2.24, 2.45) is 0 Å². The summed E-state index contributed by atoms with van der Waals surface area (Å²) < 4.78 is 2.03. The highest BCUT2D eigenvalue weighted by Gasteiger charge is 2.41. The molecule has 0 radical (unpaired) electrons. The van der Waals surface area contributed by atoms with Gasteiger partial charge in [0, 0.05) is 17.6 Å². The van der Waals surface area contributed by atoms with E-state index in [0.29, 0.717) is 11.4 Å². The maximum absolute atomic E-state index is 13.6. The van der Waals surface area contributed by atoms with Gasteiger partial charge in [-0.05, 0) is 73.2 Å². The molecule has 2 heterocycles. The molecule has 1 aliphatic heterocycles. The van der Waals surface area contributed by atoms with E-state index in [4.69, 9.17) is 12.2 Å². The number of amides is 2. The molecule has 0 bridgehead atoms. The van der Waals surface area contributed by atoms with Crippen molar-refractivity contribution in [1.29, 1.82) is 0 Å². The molecule has 5 nitrogen and oxygen atoms in total. The number of benzene rings is 3. The van der Waals surface area contributed by atoms with E-state index in [2.05, 4.69) is 0 Å². The number of nitrogens with zero attached hydrogens (tertiary/aromatic N) is 3. The predicted molar refractivity (Wildman–Crippen MR) is 139 cm³/mol. The van der Waals surface area contributed by atoms with Crippen LogP contribution in [0.5, 0.6) is 0 Å². The lowest BCUT2D eigenvalue weighted by molar-refractivity contribution is -0.120. The molecule has 1 aliphatic rings. The van der Waals surface area contributed by atoms with Gasteiger partial charge >= 0.3 is 0 Å². The Kier molecular flexibility index (Phi) is 5.65. The summed E-state index contributed by atoms with van der Waals surface area (Å²) in [5.41, 5.74) is 4.01. The van der Waals surface area contributed by atoms with E-state index in [1.165, 1.54) is 9.80 Å². The topological polar surface area (TPSA) is 45.6 Å². The van der Waals surface area contributed by atoms with E-state index in [-0.39, 0.29) is 10.7 Å². The van der Waals surface area contributed by atoms with Gasteiger partial charge in [-0.3, -0.25) is 19.4 Å². The Bertz CT molecular complexity index is 1350. The quantitative estimate of drug-likeness (QED) is 0.227. The Labute approximate surface area is 203 Å². The van der Waals surface area contributed by atoms with Crippen LogP contribution in [0.4, 0.5) is 11.4 Å². The van der Waals surface area contributed by atoms with E-state index in [1.54, 1.807) is 30.3 Å². The first-order valence-electron chi connectivity index (χ1n) is 10.8. The monoisotopic (exact) mass is 463 g/mol. The Morgan fingerprint density at radius 3 is 1.59 bits per heavy atom. The smallest absolute Gasteiger partial charge is 0.270 e. The molecule has 1 aromatic heterocycles. The van der Waals surface area contributed by atoms with Crippen molar-refractivity contribution >= 4 is 46.6 Å². The summed E-state index contributed by atoms with van der Waals surface area (Å²) in [6.07, 6.45) is 3.57. The van der Waals surface area contributed by atoms with Gasteiger partial charge in [0.25, 0.3) is 11.8 Å². The molecular formula is C28H21N3O2S. The van der Waals surface area contributed by atoms with Crippen molar-refractivity contribution in [1.82, 2.24) is 4.57 Å². The number of anilines is 2. The number of hydrogen-bond acceptors (Lipinski definition) is 3. The summed E-state index contributed by atoms with van der Waals surface area (Å²) in [7, 11) is 0. The number of aromatic nitrogens is 1. The number of para-hydroxylation sites is 3. The SMILES string of the molecule is Cc1cc(C=C2C(=O)N(c3ccccc3)C(=S)N(c3ccccc3)C2=O)cn1-c1ccccc1. The molecule has 0 unspecified atom stereocenters. The van der Waals surface area contributed by atoms with Crippen LogP contribution in [0.15, 0.2) is 109 Å². The Morgan fingerprint density at radius 2 is 1.12 bits per heavy atom. The molecule has 166 valence electrons. The second-order valence-electron chi connectivity index (χ2n) is 7.91. The normalized spacial score (nSPS) is 14.0.